The number of H-pyrrole nitrogens is 1. The molecule has 0 aliphatic heterocycles. The van der Waals surface area contributed by atoms with Gasteiger partial charge in [0.15, 0.2) is 0 Å². The highest BCUT2D eigenvalue weighted by Crippen LogP contribution is 2.28. The highest BCUT2D eigenvalue weighted by atomic mass is 79.9. The van der Waals surface area contributed by atoms with Crippen molar-refractivity contribution in [1.29, 1.82) is 0 Å². The first-order valence-electron chi connectivity index (χ1n) is 5.59. The van der Waals surface area contributed by atoms with Gasteiger partial charge in [-0.3, -0.25) is 4.79 Å². The van der Waals surface area contributed by atoms with Crippen molar-refractivity contribution in [2.75, 3.05) is 0 Å². The number of aromatic nitrogens is 2. The molecule has 1 aromatic heterocycles. The van der Waals surface area contributed by atoms with Crippen LogP contribution in [-0.2, 0) is 0 Å². The van der Waals surface area contributed by atoms with Gasteiger partial charge in [0.05, 0.1) is 11.1 Å². The molecular formula is C14H8BrClN2O. The number of nitrogens with one attached hydrogen (secondary N) is 1. The van der Waals surface area contributed by atoms with E-state index in [9.17, 15) is 4.79 Å². The van der Waals surface area contributed by atoms with Crippen LogP contribution in [-0.4, -0.2) is 10.2 Å². The lowest BCUT2D eigenvalue weighted by Gasteiger charge is -2.06. The smallest absolute Gasteiger partial charge is 0.267 e. The number of fused-ring (bicyclic) bond motifs is 1. The second-order valence-electron chi connectivity index (χ2n) is 4.07. The fraction of sp³-hybridized carbons (Fsp3) is 0. The van der Waals surface area contributed by atoms with E-state index < -0.39 is 0 Å². The molecule has 1 N–H and O–H groups in total. The number of hydrogen-bond acceptors (Lipinski definition) is 2. The first-order chi connectivity index (χ1) is 9.16. The average Bonchev–Trinajstić information content (AvgIpc) is 2.41. The number of nitrogens with zero attached hydrogens (tertiary/aromatic N) is 1. The van der Waals surface area contributed by atoms with Gasteiger partial charge in [-0.1, -0.05) is 35.9 Å². The van der Waals surface area contributed by atoms with Crippen molar-refractivity contribution in [1.82, 2.24) is 10.2 Å². The van der Waals surface area contributed by atoms with E-state index in [1.54, 1.807) is 12.1 Å². The predicted molar refractivity (Wildman–Crippen MR) is 80.5 cm³/mol. The van der Waals surface area contributed by atoms with E-state index in [2.05, 4.69) is 26.1 Å². The molecule has 0 amide bonds. The topological polar surface area (TPSA) is 45.8 Å². The van der Waals surface area contributed by atoms with Crippen molar-refractivity contribution in [3.05, 3.63) is 62.3 Å². The fourth-order valence-electron chi connectivity index (χ4n) is 2.00. The van der Waals surface area contributed by atoms with Gasteiger partial charge in [0.2, 0.25) is 0 Å². The van der Waals surface area contributed by atoms with Crippen molar-refractivity contribution < 1.29 is 0 Å². The summed E-state index contributed by atoms with van der Waals surface area (Å²) in [6.45, 7) is 0. The summed E-state index contributed by atoms with van der Waals surface area (Å²) in [5, 5.41) is 8.75. The minimum absolute atomic E-state index is 0.208. The maximum Gasteiger partial charge on any atom is 0.273 e. The van der Waals surface area contributed by atoms with Crippen LogP contribution in [0.3, 0.4) is 0 Å². The first-order valence-corrected chi connectivity index (χ1v) is 6.77. The zero-order valence-electron chi connectivity index (χ0n) is 9.65. The van der Waals surface area contributed by atoms with Crippen molar-refractivity contribution in [3.8, 4) is 11.3 Å². The summed E-state index contributed by atoms with van der Waals surface area (Å²) in [6.07, 6.45) is 0. The van der Waals surface area contributed by atoms with Gasteiger partial charge < -0.3 is 0 Å². The predicted octanol–water partition coefficient (Wildman–Crippen LogP) is 4.01. The molecule has 0 radical (unpaired) electrons. The fourth-order valence-corrected chi connectivity index (χ4v) is 2.68. The number of benzene rings is 2. The Kier molecular flexibility index (Phi) is 3.12. The normalized spacial score (nSPS) is 10.8. The molecule has 0 aliphatic rings. The molecule has 3 rings (SSSR count). The van der Waals surface area contributed by atoms with Crippen molar-refractivity contribution >= 4 is 38.3 Å². The largest absolute Gasteiger partial charge is 0.273 e. The van der Waals surface area contributed by atoms with Crippen molar-refractivity contribution in [2.45, 2.75) is 0 Å². The standard InChI is InChI=1S/C14H8BrClN2O/c15-11-3-1-2-10-12(11)14(19)18-17-13(10)8-4-6-9(16)7-5-8/h1-7H,(H,18,19). The molecule has 19 heavy (non-hydrogen) atoms. The van der Waals surface area contributed by atoms with E-state index in [0.29, 0.717) is 10.4 Å². The van der Waals surface area contributed by atoms with E-state index in [-0.39, 0.29) is 5.56 Å². The zero-order chi connectivity index (χ0) is 13.4. The lowest BCUT2D eigenvalue weighted by atomic mass is 10.1. The molecule has 0 saturated heterocycles. The van der Waals surface area contributed by atoms with Crippen LogP contribution in [0.5, 0.6) is 0 Å². The van der Waals surface area contributed by atoms with Crippen LogP contribution in [0.1, 0.15) is 0 Å². The molecule has 3 nitrogen and oxygen atoms in total. The second kappa shape index (κ2) is 4.79. The quantitative estimate of drug-likeness (QED) is 0.730. The van der Waals surface area contributed by atoms with Gasteiger partial charge in [-0.05, 0) is 34.1 Å². The van der Waals surface area contributed by atoms with Crippen LogP contribution in [0.25, 0.3) is 22.0 Å². The molecule has 0 spiro atoms. The number of hydrogen-bond donors (Lipinski definition) is 1. The average molecular weight is 336 g/mol. The molecule has 94 valence electrons. The van der Waals surface area contributed by atoms with E-state index in [0.717, 1.165) is 21.1 Å². The summed E-state index contributed by atoms with van der Waals surface area (Å²) < 4.78 is 0.754. The molecule has 5 heteroatoms. The van der Waals surface area contributed by atoms with Crippen molar-refractivity contribution in [3.63, 3.8) is 0 Å². The van der Waals surface area contributed by atoms with Crippen LogP contribution in [0.15, 0.2) is 51.7 Å². The summed E-state index contributed by atoms with van der Waals surface area (Å²) in [5.74, 6) is 0. The summed E-state index contributed by atoms with van der Waals surface area (Å²) in [5.41, 5.74) is 1.43. The Morgan fingerprint density at radius 3 is 2.58 bits per heavy atom. The van der Waals surface area contributed by atoms with Crippen LogP contribution in [0.4, 0.5) is 0 Å². The Morgan fingerprint density at radius 1 is 1.11 bits per heavy atom. The van der Waals surface area contributed by atoms with E-state index in [4.69, 9.17) is 11.6 Å². The molecular weight excluding hydrogens is 328 g/mol. The van der Waals surface area contributed by atoms with Gasteiger partial charge >= 0.3 is 0 Å². The monoisotopic (exact) mass is 334 g/mol. The molecule has 0 bridgehead atoms. The minimum atomic E-state index is -0.208. The number of halogens is 2. The number of rotatable bonds is 1. The molecule has 0 saturated carbocycles. The van der Waals surface area contributed by atoms with E-state index >= 15 is 0 Å². The lowest BCUT2D eigenvalue weighted by molar-refractivity contribution is 1.02. The molecule has 3 aromatic rings. The molecule has 0 unspecified atom stereocenters. The molecule has 0 atom stereocenters. The molecule has 0 aliphatic carbocycles. The summed E-state index contributed by atoms with van der Waals surface area (Å²) in [4.78, 5) is 11.9. The van der Waals surface area contributed by atoms with Gasteiger partial charge in [0.25, 0.3) is 5.56 Å². The van der Waals surface area contributed by atoms with E-state index in [1.807, 2.05) is 30.3 Å². The van der Waals surface area contributed by atoms with Crippen LogP contribution >= 0.6 is 27.5 Å². The second-order valence-corrected chi connectivity index (χ2v) is 5.36. The SMILES string of the molecule is O=c1[nH]nc(-c2ccc(Cl)cc2)c2cccc(Br)c12. The van der Waals surface area contributed by atoms with Crippen LogP contribution < -0.4 is 5.56 Å². The first kappa shape index (κ1) is 12.4. The van der Waals surface area contributed by atoms with Gasteiger partial charge in [-0.2, -0.15) is 5.10 Å². The minimum Gasteiger partial charge on any atom is -0.267 e. The Bertz CT molecular complexity index is 812. The highest BCUT2D eigenvalue weighted by molar-refractivity contribution is 9.10. The summed E-state index contributed by atoms with van der Waals surface area (Å²) in [7, 11) is 0. The van der Waals surface area contributed by atoms with E-state index in [1.165, 1.54) is 0 Å². The van der Waals surface area contributed by atoms with Gasteiger partial charge in [-0.15, -0.1) is 0 Å². The van der Waals surface area contributed by atoms with Crippen LogP contribution in [0.2, 0.25) is 5.02 Å². The Hall–Kier alpha value is -1.65. The van der Waals surface area contributed by atoms with Gasteiger partial charge in [0.1, 0.15) is 0 Å². The Morgan fingerprint density at radius 2 is 1.84 bits per heavy atom. The van der Waals surface area contributed by atoms with Gasteiger partial charge in [-0.25, -0.2) is 5.10 Å². The third-order valence-corrected chi connectivity index (χ3v) is 3.80. The Labute approximate surface area is 122 Å². The summed E-state index contributed by atoms with van der Waals surface area (Å²) in [6, 6.07) is 13.0. The molecule has 1 heterocycles. The summed E-state index contributed by atoms with van der Waals surface area (Å²) >= 11 is 9.28. The van der Waals surface area contributed by atoms with Gasteiger partial charge in [0, 0.05) is 20.4 Å². The maximum absolute atomic E-state index is 11.9. The third-order valence-electron chi connectivity index (χ3n) is 2.88. The molecule has 0 fully saturated rings. The highest BCUT2D eigenvalue weighted by Gasteiger charge is 2.10. The van der Waals surface area contributed by atoms with Crippen molar-refractivity contribution in [2.24, 2.45) is 0 Å². The molecule has 2 aromatic carbocycles. The number of aromatic amines is 1. The third kappa shape index (κ3) is 2.17. The van der Waals surface area contributed by atoms with Crippen LogP contribution in [0, 0.1) is 0 Å². The lowest BCUT2D eigenvalue weighted by Crippen LogP contribution is -2.10. The zero-order valence-corrected chi connectivity index (χ0v) is 12.0. The Balaban J connectivity index is 2.37. The maximum atomic E-state index is 11.9.